The number of hydrogen-bond acceptors (Lipinski definition) is 2. The van der Waals surface area contributed by atoms with E-state index in [0.717, 1.165) is 10.6 Å². The Labute approximate surface area is 160 Å². The molecule has 0 saturated heterocycles. The molecule has 0 radical (unpaired) electrons. The molecule has 1 amide bonds. The summed E-state index contributed by atoms with van der Waals surface area (Å²) in [6.07, 6.45) is -2.42. The molecular weight excluding hydrogens is 414 g/mol. The number of aromatic nitrogens is 2. The van der Waals surface area contributed by atoms with Gasteiger partial charge in [-0.05, 0) is 23.8 Å². The van der Waals surface area contributed by atoms with Crippen LogP contribution in [0.1, 0.15) is 21.6 Å². The third kappa shape index (κ3) is 3.47. The Bertz CT molecular complexity index is 981. The molecule has 0 saturated carbocycles. The molecule has 1 aromatic carbocycles. The molecule has 0 spiro atoms. The zero-order valence-electron chi connectivity index (χ0n) is 12.7. The van der Waals surface area contributed by atoms with E-state index in [0.29, 0.717) is 5.56 Å². The molecule has 10 heteroatoms. The Hall–Kier alpha value is -1.96. The number of nitrogens with one attached hydrogen (secondary N) is 1. The number of rotatable bonds is 3. The highest BCUT2D eigenvalue weighted by atomic mass is 35.5. The normalized spacial score (nSPS) is 11.8. The molecule has 0 unspecified atom stereocenters. The van der Waals surface area contributed by atoms with Gasteiger partial charge in [0.2, 0.25) is 0 Å². The van der Waals surface area contributed by atoms with Crippen LogP contribution in [0.25, 0.3) is 5.65 Å². The fourth-order valence-electron chi connectivity index (χ4n) is 2.36. The van der Waals surface area contributed by atoms with Gasteiger partial charge in [-0.3, -0.25) is 4.79 Å². The third-order valence-electron chi connectivity index (χ3n) is 3.58. The minimum absolute atomic E-state index is 0.000889. The van der Waals surface area contributed by atoms with Crippen molar-refractivity contribution in [3.05, 3.63) is 63.5 Å². The molecule has 3 aromatic rings. The van der Waals surface area contributed by atoms with Gasteiger partial charge >= 0.3 is 6.18 Å². The summed E-state index contributed by atoms with van der Waals surface area (Å²) in [6, 6.07) is 6.01. The number of nitrogens with zero attached hydrogens (tertiary/aromatic N) is 2. The van der Waals surface area contributed by atoms with Crippen LogP contribution in [0.15, 0.2) is 36.7 Å². The van der Waals surface area contributed by atoms with E-state index in [1.807, 2.05) is 0 Å². The second-order valence-corrected chi connectivity index (χ2v) is 6.34. The van der Waals surface area contributed by atoms with Crippen LogP contribution in [0.5, 0.6) is 0 Å². The van der Waals surface area contributed by atoms with Crippen LogP contribution in [0.4, 0.5) is 18.9 Å². The lowest BCUT2D eigenvalue weighted by atomic mass is 10.2. The Morgan fingerprint density at radius 3 is 2.42 bits per heavy atom. The molecule has 0 fully saturated rings. The topological polar surface area (TPSA) is 46.4 Å². The predicted molar refractivity (Wildman–Crippen MR) is 94.2 cm³/mol. The molecule has 0 bridgehead atoms. The van der Waals surface area contributed by atoms with Crippen molar-refractivity contribution >= 4 is 52.0 Å². The van der Waals surface area contributed by atoms with Crippen LogP contribution in [0, 0.1) is 0 Å². The van der Waals surface area contributed by atoms with E-state index in [2.05, 4.69) is 10.3 Å². The number of halogens is 6. The number of imidazole rings is 1. The lowest BCUT2D eigenvalue weighted by molar-refractivity contribution is -0.140. The minimum atomic E-state index is -4.62. The van der Waals surface area contributed by atoms with Crippen LogP contribution < -0.4 is 5.32 Å². The first-order valence-corrected chi connectivity index (χ1v) is 8.40. The maximum atomic E-state index is 12.9. The molecule has 2 heterocycles. The fraction of sp³-hybridized carbons (Fsp3) is 0.125. The Morgan fingerprint density at radius 1 is 1.19 bits per heavy atom. The summed E-state index contributed by atoms with van der Waals surface area (Å²) in [7, 11) is 0. The van der Waals surface area contributed by atoms with E-state index in [1.54, 1.807) is 6.07 Å². The van der Waals surface area contributed by atoms with Crippen LogP contribution >= 0.6 is 34.8 Å². The van der Waals surface area contributed by atoms with Crippen molar-refractivity contribution in [1.29, 1.82) is 0 Å². The average Bonchev–Trinajstić information content (AvgIpc) is 3.00. The number of carbonyl (C=O) groups excluding carboxylic acids is 1. The first-order valence-electron chi connectivity index (χ1n) is 7.11. The van der Waals surface area contributed by atoms with Crippen LogP contribution in [-0.2, 0) is 12.1 Å². The van der Waals surface area contributed by atoms with Crippen LogP contribution in [0.3, 0.4) is 0 Å². The minimum Gasteiger partial charge on any atom is -0.318 e. The summed E-state index contributed by atoms with van der Waals surface area (Å²) in [5, 5.41) is 2.73. The number of hydrogen-bond donors (Lipinski definition) is 1. The lowest BCUT2D eigenvalue weighted by Gasteiger charge is -2.12. The number of pyridine rings is 1. The summed E-state index contributed by atoms with van der Waals surface area (Å²) in [5.74, 6) is -0.729. The van der Waals surface area contributed by atoms with Crippen LogP contribution in [-0.4, -0.2) is 15.3 Å². The summed E-state index contributed by atoms with van der Waals surface area (Å²) in [4.78, 5) is 16.2. The number of anilines is 1. The van der Waals surface area contributed by atoms with E-state index in [1.165, 1.54) is 24.4 Å². The Balaban J connectivity index is 2.11. The summed E-state index contributed by atoms with van der Waals surface area (Å²) in [5.41, 5.74) is -0.725. The van der Waals surface area contributed by atoms with Gasteiger partial charge in [0.25, 0.3) is 5.91 Å². The highest BCUT2D eigenvalue weighted by Crippen LogP contribution is 2.32. The maximum Gasteiger partial charge on any atom is 0.434 e. The third-order valence-corrected chi connectivity index (χ3v) is 4.49. The Kier molecular flexibility index (Phi) is 5.05. The smallest absolute Gasteiger partial charge is 0.318 e. The van der Waals surface area contributed by atoms with E-state index in [9.17, 15) is 18.0 Å². The summed E-state index contributed by atoms with van der Waals surface area (Å²) >= 11 is 17.9. The number of amides is 1. The summed E-state index contributed by atoms with van der Waals surface area (Å²) in [6.45, 7) is 0. The van der Waals surface area contributed by atoms with Gasteiger partial charge in [0.1, 0.15) is 0 Å². The van der Waals surface area contributed by atoms with Crippen molar-refractivity contribution in [3.63, 3.8) is 0 Å². The van der Waals surface area contributed by atoms with E-state index >= 15 is 0 Å². The standard InChI is InChI=1S/C16H9Cl3F3N3O/c17-6-8-4-5-25-7-11(16(20,21)22)23-14(25)13(8)24-15(26)12-9(18)2-1-3-10(12)19/h1-5,7H,6H2,(H,24,26). The van der Waals surface area contributed by atoms with E-state index < -0.39 is 17.8 Å². The lowest BCUT2D eigenvalue weighted by Crippen LogP contribution is -2.15. The van der Waals surface area contributed by atoms with Crippen LogP contribution in [0.2, 0.25) is 10.0 Å². The molecule has 0 aliphatic rings. The molecule has 2 aromatic heterocycles. The maximum absolute atomic E-state index is 12.9. The van der Waals surface area contributed by atoms with Crippen molar-refractivity contribution in [2.75, 3.05) is 5.32 Å². The first kappa shape index (κ1) is 18.8. The quantitative estimate of drug-likeness (QED) is 0.554. The van der Waals surface area contributed by atoms with Gasteiger partial charge in [0.15, 0.2) is 11.3 Å². The Morgan fingerprint density at radius 2 is 1.85 bits per heavy atom. The molecule has 3 rings (SSSR count). The number of fused-ring (bicyclic) bond motifs is 1. The average molecular weight is 423 g/mol. The highest BCUT2D eigenvalue weighted by Gasteiger charge is 2.34. The molecule has 0 aliphatic heterocycles. The molecular formula is C16H9Cl3F3N3O. The highest BCUT2D eigenvalue weighted by molar-refractivity contribution is 6.40. The van der Waals surface area contributed by atoms with E-state index in [4.69, 9.17) is 34.8 Å². The fourth-order valence-corrected chi connectivity index (χ4v) is 3.16. The zero-order valence-corrected chi connectivity index (χ0v) is 15.0. The van der Waals surface area contributed by atoms with Crippen molar-refractivity contribution in [2.24, 2.45) is 0 Å². The van der Waals surface area contributed by atoms with Gasteiger partial charge < -0.3 is 9.72 Å². The van der Waals surface area contributed by atoms with Gasteiger partial charge in [-0.2, -0.15) is 13.2 Å². The van der Waals surface area contributed by atoms with Gasteiger partial charge in [0.05, 0.1) is 21.3 Å². The van der Waals surface area contributed by atoms with Crippen molar-refractivity contribution < 1.29 is 18.0 Å². The van der Waals surface area contributed by atoms with Crippen molar-refractivity contribution in [3.8, 4) is 0 Å². The van der Waals surface area contributed by atoms with Gasteiger partial charge in [0, 0.05) is 18.3 Å². The van der Waals surface area contributed by atoms with Gasteiger partial charge in [-0.15, -0.1) is 11.6 Å². The monoisotopic (exact) mass is 421 g/mol. The van der Waals surface area contributed by atoms with Gasteiger partial charge in [-0.25, -0.2) is 4.98 Å². The second kappa shape index (κ2) is 6.98. The molecule has 4 nitrogen and oxygen atoms in total. The van der Waals surface area contributed by atoms with Gasteiger partial charge in [-0.1, -0.05) is 29.3 Å². The van der Waals surface area contributed by atoms with Crippen molar-refractivity contribution in [1.82, 2.24) is 9.38 Å². The molecule has 1 N–H and O–H groups in total. The van der Waals surface area contributed by atoms with E-state index in [-0.39, 0.29) is 32.8 Å². The number of carbonyl (C=O) groups is 1. The molecule has 136 valence electrons. The predicted octanol–water partition coefficient (Wildman–Crippen LogP) is 5.65. The number of alkyl halides is 4. The molecule has 26 heavy (non-hydrogen) atoms. The number of benzene rings is 1. The SMILES string of the molecule is O=C(Nc1c(CCl)ccn2cc(C(F)(F)F)nc12)c1c(Cl)cccc1Cl. The largest absolute Gasteiger partial charge is 0.434 e. The zero-order chi connectivity index (χ0) is 19.1. The second-order valence-electron chi connectivity index (χ2n) is 5.26. The summed E-state index contributed by atoms with van der Waals surface area (Å²) < 4.78 is 40.0. The first-order chi connectivity index (χ1) is 12.2. The van der Waals surface area contributed by atoms with Crippen molar-refractivity contribution in [2.45, 2.75) is 12.1 Å². The molecule has 0 atom stereocenters. The molecule has 0 aliphatic carbocycles.